The van der Waals surface area contributed by atoms with Crippen molar-refractivity contribution in [3.63, 3.8) is 0 Å². The van der Waals surface area contributed by atoms with E-state index < -0.39 is 6.17 Å². The van der Waals surface area contributed by atoms with E-state index in [1.54, 1.807) is 6.92 Å². The van der Waals surface area contributed by atoms with E-state index in [1.807, 2.05) is 0 Å². The van der Waals surface area contributed by atoms with Gasteiger partial charge in [0.15, 0.2) is 0 Å². The molecule has 1 aliphatic rings. The third-order valence-electron chi connectivity index (χ3n) is 2.15. The van der Waals surface area contributed by atoms with Gasteiger partial charge in [0.2, 0.25) is 0 Å². The Hall–Kier alpha value is -0.110. The normalized spacial score (nSPS) is 31.2. The third kappa shape index (κ3) is 2.25. The summed E-state index contributed by atoms with van der Waals surface area (Å²) in [4.78, 5) is 0. The molecule has 10 heavy (non-hydrogen) atoms. The molecule has 0 spiro atoms. The minimum atomic E-state index is -0.682. The molecule has 0 amide bonds. The van der Waals surface area contributed by atoms with Crippen LogP contribution in [0.2, 0.25) is 0 Å². The van der Waals surface area contributed by atoms with Gasteiger partial charge in [-0.1, -0.05) is 12.8 Å². The molecule has 1 heterocycles. The summed E-state index contributed by atoms with van der Waals surface area (Å²) in [7, 11) is 0. The van der Waals surface area contributed by atoms with Crippen molar-refractivity contribution in [3.05, 3.63) is 0 Å². The average molecular weight is 145 g/mol. The summed E-state index contributed by atoms with van der Waals surface area (Å²) in [6, 6.07) is 0.127. The SMILES string of the molecule is CC(F)C1CCCCCN1. The molecule has 1 fully saturated rings. The van der Waals surface area contributed by atoms with Gasteiger partial charge in [-0.3, -0.25) is 0 Å². The summed E-state index contributed by atoms with van der Waals surface area (Å²) in [5.74, 6) is 0. The van der Waals surface area contributed by atoms with E-state index in [9.17, 15) is 4.39 Å². The van der Waals surface area contributed by atoms with Crippen LogP contribution in [0.1, 0.15) is 32.6 Å². The fourth-order valence-corrected chi connectivity index (χ4v) is 1.45. The summed E-state index contributed by atoms with van der Waals surface area (Å²) in [5, 5.41) is 3.21. The Morgan fingerprint density at radius 3 is 2.90 bits per heavy atom. The van der Waals surface area contributed by atoms with Gasteiger partial charge >= 0.3 is 0 Å². The molecule has 1 saturated heterocycles. The van der Waals surface area contributed by atoms with Crippen molar-refractivity contribution in [3.8, 4) is 0 Å². The smallest absolute Gasteiger partial charge is 0.113 e. The van der Waals surface area contributed by atoms with Crippen LogP contribution in [0, 0.1) is 0 Å². The van der Waals surface area contributed by atoms with E-state index in [0.717, 1.165) is 13.0 Å². The molecule has 60 valence electrons. The van der Waals surface area contributed by atoms with Crippen LogP contribution in [-0.4, -0.2) is 18.8 Å². The lowest BCUT2D eigenvalue weighted by molar-refractivity contribution is 0.265. The Balaban J connectivity index is 2.28. The van der Waals surface area contributed by atoms with Crippen LogP contribution in [0.15, 0.2) is 0 Å². The fourth-order valence-electron chi connectivity index (χ4n) is 1.45. The van der Waals surface area contributed by atoms with Crippen LogP contribution in [-0.2, 0) is 0 Å². The molecule has 1 nitrogen and oxygen atoms in total. The van der Waals surface area contributed by atoms with Gasteiger partial charge in [0.05, 0.1) is 0 Å². The number of nitrogens with one attached hydrogen (secondary N) is 1. The Morgan fingerprint density at radius 2 is 2.20 bits per heavy atom. The van der Waals surface area contributed by atoms with Crippen molar-refractivity contribution < 1.29 is 4.39 Å². The van der Waals surface area contributed by atoms with Crippen LogP contribution < -0.4 is 5.32 Å². The first-order valence-corrected chi connectivity index (χ1v) is 4.18. The standard InChI is InChI=1S/C8H16FN/c1-7(9)8-5-3-2-4-6-10-8/h7-8,10H,2-6H2,1H3. The lowest BCUT2D eigenvalue weighted by Crippen LogP contribution is -2.35. The summed E-state index contributed by atoms with van der Waals surface area (Å²) < 4.78 is 12.7. The zero-order valence-electron chi connectivity index (χ0n) is 6.57. The van der Waals surface area contributed by atoms with E-state index in [1.165, 1.54) is 19.3 Å². The minimum absolute atomic E-state index is 0.127. The highest BCUT2D eigenvalue weighted by molar-refractivity contribution is 4.75. The first kappa shape index (κ1) is 7.99. The van der Waals surface area contributed by atoms with Gasteiger partial charge in [-0.15, -0.1) is 0 Å². The molecular weight excluding hydrogens is 129 g/mol. The molecule has 0 aromatic rings. The molecule has 2 heteroatoms. The summed E-state index contributed by atoms with van der Waals surface area (Å²) in [6.07, 6.45) is 3.99. The van der Waals surface area contributed by atoms with Crippen molar-refractivity contribution in [2.75, 3.05) is 6.54 Å². The lowest BCUT2D eigenvalue weighted by atomic mass is 10.1. The number of rotatable bonds is 1. The van der Waals surface area contributed by atoms with E-state index in [4.69, 9.17) is 0 Å². The molecular formula is C8H16FN. The highest BCUT2D eigenvalue weighted by Crippen LogP contribution is 2.12. The Labute approximate surface area is 62.0 Å². The highest BCUT2D eigenvalue weighted by Gasteiger charge is 2.16. The maximum atomic E-state index is 12.7. The molecule has 1 aliphatic heterocycles. The van der Waals surface area contributed by atoms with E-state index in [0.29, 0.717) is 0 Å². The van der Waals surface area contributed by atoms with Crippen molar-refractivity contribution in [2.45, 2.75) is 44.8 Å². The fraction of sp³-hybridized carbons (Fsp3) is 1.00. The van der Waals surface area contributed by atoms with E-state index in [-0.39, 0.29) is 6.04 Å². The number of halogens is 1. The zero-order valence-corrected chi connectivity index (χ0v) is 6.57. The molecule has 0 aromatic carbocycles. The van der Waals surface area contributed by atoms with Crippen LogP contribution in [0.3, 0.4) is 0 Å². The predicted octanol–water partition coefficient (Wildman–Crippen LogP) is 1.88. The van der Waals surface area contributed by atoms with Gasteiger partial charge < -0.3 is 5.32 Å². The van der Waals surface area contributed by atoms with Crippen molar-refractivity contribution >= 4 is 0 Å². The maximum Gasteiger partial charge on any atom is 0.113 e. The second kappa shape index (κ2) is 3.91. The summed E-state index contributed by atoms with van der Waals surface area (Å²) in [6.45, 7) is 2.64. The molecule has 0 radical (unpaired) electrons. The lowest BCUT2D eigenvalue weighted by Gasteiger charge is -2.16. The second-order valence-electron chi connectivity index (χ2n) is 3.09. The van der Waals surface area contributed by atoms with Crippen LogP contribution >= 0.6 is 0 Å². The molecule has 0 aliphatic carbocycles. The monoisotopic (exact) mass is 145 g/mol. The third-order valence-corrected chi connectivity index (χ3v) is 2.15. The topological polar surface area (TPSA) is 12.0 Å². The minimum Gasteiger partial charge on any atom is -0.311 e. The van der Waals surface area contributed by atoms with Crippen molar-refractivity contribution in [1.82, 2.24) is 5.32 Å². The van der Waals surface area contributed by atoms with Gasteiger partial charge in [0.25, 0.3) is 0 Å². The molecule has 1 N–H and O–H groups in total. The van der Waals surface area contributed by atoms with Crippen LogP contribution in [0.25, 0.3) is 0 Å². The molecule has 2 atom stereocenters. The van der Waals surface area contributed by atoms with E-state index in [2.05, 4.69) is 5.32 Å². The molecule has 1 rings (SSSR count). The van der Waals surface area contributed by atoms with Crippen molar-refractivity contribution in [2.24, 2.45) is 0 Å². The van der Waals surface area contributed by atoms with Gasteiger partial charge in [-0.05, 0) is 26.3 Å². The van der Waals surface area contributed by atoms with Gasteiger partial charge in [0.1, 0.15) is 6.17 Å². The first-order chi connectivity index (χ1) is 4.80. The largest absolute Gasteiger partial charge is 0.311 e. The van der Waals surface area contributed by atoms with Crippen molar-refractivity contribution in [1.29, 1.82) is 0 Å². The second-order valence-corrected chi connectivity index (χ2v) is 3.09. The molecule has 0 bridgehead atoms. The quantitative estimate of drug-likeness (QED) is 0.594. The Morgan fingerprint density at radius 1 is 1.40 bits per heavy atom. The zero-order chi connectivity index (χ0) is 7.40. The molecule has 0 saturated carbocycles. The molecule has 0 aromatic heterocycles. The van der Waals surface area contributed by atoms with Gasteiger partial charge in [0, 0.05) is 6.04 Å². The highest BCUT2D eigenvalue weighted by atomic mass is 19.1. The van der Waals surface area contributed by atoms with E-state index >= 15 is 0 Å². The number of alkyl halides is 1. The van der Waals surface area contributed by atoms with Crippen LogP contribution in [0.4, 0.5) is 4.39 Å². The maximum absolute atomic E-state index is 12.7. The van der Waals surface area contributed by atoms with Gasteiger partial charge in [-0.2, -0.15) is 0 Å². The Bertz CT molecular complexity index is 85.3. The molecule has 2 unspecified atom stereocenters. The first-order valence-electron chi connectivity index (χ1n) is 4.18. The van der Waals surface area contributed by atoms with Gasteiger partial charge in [-0.25, -0.2) is 4.39 Å². The number of hydrogen-bond donors (Lipinski definition) is 1. The predicted molar refractivity (Wildman–Crippen MR) is 40.8 cm³/mol. The summed E-state index contributed by atoms with van der Waals surface area (Å²) in [5.41, 5.74) is 0. The average Bonchev–Trinajstić information content (AvgIpc) is 2.12. The Kier molecular flexibility index (Phi) is 3.13. The number of hydrogen-bond acceptors (Lipinski definition) is 1. The summed E-state index contributed by atoms with van der Waals surface area (Å²) >= 11 is 0. The van der Waals surface area contributed by atoms with Crippen LogP contribution in [0.5, 0.6) is 0 Å².